The molecule has 1 saturated carbocycles. The van der Waals surface area contributed by atoms with Gasteiger partial charge in [0.2, 0.25) is 11.8 Å². The topological polar surface area (TPSA) is 95.9 Å². The molecule has 2 saturated heterocycles. The molecule has 0 N–H and O–H groups in total. The Labute approximate surface area is 235 Å². The average Bonchev–Trinajstić information content (AvgIpc) is 3.44. The third-order valence-electron chi connectivity index (χ3n) is 7.97. The Hall–Kier alpha value is -2.07. The van der Waals surface area contributed by atoms with E-state index in [1.54, 1.807) is 17.9 Å². The molecule has 3 aliphatic rings. The van der Waals surface area contributed by atoms with Gasteiger partial charge in [0.1, 0.15) is 11.0 Å². The van der Waals surface area contributed by atoms with Gasteiger partial charge in [0.15, 0.2) is 5.16 Å². The predicted molar refractivity (Wildman–Crippen MR) is 148 cm³/mol. The lowest BCUT2D eigenvalue weighted by molar-refractivity contribution is -0.151. The van der Waals surface area contributed by atoms with Gasteiger partial charge in [-0.05, 0) is 39.0 Å². The number of amides is 2. The highest BCUT2D eigenvalue weighted by molar-refractivity contribution is 7.99. The van der Waals surface area contributed by atoms with Gasteiger partial charge in [-0.3, -0.25) is 14.4 Å². The highest BCUT2D eigenvalue weighted by Gasteiger charge is 2.30. The minimum absolute atomic E-state index is 0.000729. The van der Waals surface area contributed by atoms with Crippen molar-refractivity contribution in [3.05, 3.63) is 11.2 Å². The van der Waals surface area contributed by atoms with Crippen molar-refractivity contribution < 1.29 is 19.1 Å². The van der Waals surface area contributed by atoms with Gasteiger partial charge in [0.25, 0.3) is 0 Å². The van der Waals surface area contributed by atoms with Crippen LogP contribution in [0.1, 0.15) is 65.2 Å². The lowest BCUT2D eigenvalue weighted by atomic mass is 9.97. The number of likely N-dealkylation sites (tertiary alicyclic amines) is 1. The van der Waals surface area contributed by atoms with E-state index in [9.17, 15) is 14.4 Å². The molecule has 1 aromatic rings. The molecule has 9 nitrogen and oxygen atoms in total. The maximum Gasteiger partial charge on any atom is 0.309 e. The van der Waals surface area contributed by atoms with Gasteiger partial charge in [0, 0.05) is 51.3 Å². The first-order chi connectivity index (χ1) is 18.3. The smallest absolute Gasteiger partial charge is 0.309 e. The molecule has 2 aliphatic heterocycles. The number of hydrogen-bond acceptors (Lipinski definition) is 8. The number of esters is 1. The largest absolute Gasteiger partial charge is 0.466 e. The number of piperidine rings is 1. The Bertz CT molecular complexity index is 984. The number of ether oxygens (including phenoxy) is 1. The van der Waals surface area contributed by atoms with Crippen LogP contribution in [0.2, 0.25) is 5.15 Å². The van der Waals surface area contributed by atoms with Crippen LogP contribution < -0.4 is 4.90 Å². The maximum absolute atomic E-state index is 12.9. The van der Waals surface area contributed by atoms with E-state index in [1.165, 1.54) is 37.4 Å². The average molecular weight is 566 g/mol. The normalized spacial score (nSPS) is 21.1. The fraction of sp³-hybridized carbons (Fsp3) is 0.741. The van der Waals surface area contributed by atoms with E-state index in [0.717, 1.165) is 18.2 Å². The molecule has 2 amide bonds. The Morgan fingerprint density at radius 3 is 2.47 bits per heavy atom. The van der Waals surface area contributed by atoms with Gasteiger partial charge in [-0.25, -0.2) is 9.97 Å². The summed E-state index contributed by atoms with van der Waals surface area (Å²) in [4.78, 5) is 52.5. The van der Waals surface area contributed by atoms with Crippen LogP contribution in [-0.2, 0) is 19.1 Å². The van der Waals surface area contributed by atoms with Crippen LogP contribution in [0.5, 0.6) is 0 Å². The van der Waals surface area contributed by atoms with Crippen molar-refractivity contribution in [2.75, 3.05) is 50.0 Å². The molecule has 0 bridgehead atoms. The van der Waals surface area contributed by atoms with Crippen molar-refractivity contribution in [2.24, 2.45) is 11.8 Å². The van der Waals surface area contributed by atoms with E-state index < -0.39 is 0 Å². The molecular weight excluding hydrogens is 526 g/mol. The summed E-state index contributed by atoms with van der Waals surface area (Å²) in [5.74, 6) is 1.61. The van der Waals surface area contributed by atoms with Gasteiger partial charge in [-0.1, -0.05) is 49.0 Å². The summed E-state index contributed by atoms with van der Waals surface area (Å²) in [5.41, 5.74) is 0. The summed E-state index contributed by atoms with van der Waals surface area (Å²) in [6.07, 6.45) is 8.05. The van der Waals surface area contributed by atoms with Crippen LogP contribution >= 0.6 is 23.4 Å². The molecule has 11 heteroatoms. The monoisotopic (exact) mass is 565 g/mol. The number of halogens is 1. The van der Waals surface area contributed by atoms with Crippen molar-refractivity contribution in [3.8, 4) is 0 Å². The molecule has 0 aromatic carbocycles. The van der Waals surface area contributed by atoms with Crippen molar-refractivity contribution in [3.63, 3.8) is 0 Å². The second kappa shape index (κ2) is 13.8. The molecule has 1 aliphatic carbocycles. The van der Waals surface area contributed by atoms with Crippen molar-refractivity contribution in [2.45, 2.75) is 76.4 Å². The van der Waals surface area contributed by atoms with Gasteiger partial charge >= 0.3 is 5.97 Å². The second-order valence-electron chi connectivity index (χ2n) is 10.6. The third-order valence-corrected chi connectivity index (χ3v) is 8.99. The zero-order valence-corrected chi connectivity index (χ0v) is 24.1. The van der Waals surface area contributed by atoms with Crippen LogP contribution in [0.25, 0.3) is 0 Å². The Kier molecular flexibility index (Phi) is 10.5. The van der Waals surface area contributed by atoms with Crippen molar-refractivity contribution >= 4 is 47.0 Å². The highest BCUT2D eigenvalue weighted by Crippen LogP contribution is 2.30. The van der Waals surface area contributed by atoms with E-state index in [0.29, 0.717) is 68.9 Å². The number of piperazine rings is 1. The second-order valence-corrected chi connectivity index (χ2v) is 11.9. The number of anilines is 1. The first-order valence-electron chi connectivity index (χ1n) is 14.0. The third kappa shape index (κ3) is 7.74. The summed E-state index contributed by atoms with van der Waals surface area (Å²) in [6, 6.07) is 1.83. The Morgan fingerprint density at radius 2 is 1.79 bits per heavy atom. The van der Waals surface area contributed by atoms with E-state index in [-0.39, 0.29) is 35.5 Å². The van der Waals surface area contributed by atoms with E-state index in [4.69, 9.17) is 16.3 Å². The predicted octanol–water partition coefficient (Wildman–Crippen LogP) is 4.03. The standard InChI is InChI=1S/C27H40ClN5O4S/c1-3-37-26(36)21-10-12-31(13-11-21)25(35)18-38-27-29-22(28)16-23(30-27)32-14-15-33(19(2)17-32)24(34)9-8-20-6-4-5-7-20/h16,19-21H,3-15,17-18H2,1-2H3. The van der Waals surface area contributed by atoms with Crippen LogP contribution in [-0.4, -0.2) is 88.7 Å². The number of hydrogen-bond donors (Lipinski definition) is 0. The van der Waals surface area contributed by atoms with Gasteiger partial charge in [-0.15, -0.1) is 0 Å². The minimum Gasteiger partial charge on any atom is -0.466 e. The van der Waals surface area contributed by atoms with Crippen molar-refractivity contribution in [1.82, 2.24) is 19.8 Å². The molecule has 0 spiro atoms. The molecule has 3 fully saturated rings. The summed E-state index contributed by atoms with van der Waals surface area (Å²) < 4.78 is 5.11. The SMILES string of the molecule is CCOC(=O)C1CCN(C(=O)CSc2nc(Cl)cc(N3CCN(C(=O)CCC4CCCC4)C(C)C3)n2)CC1. The molecule has 1 unspecified atom stereocenters. The maximum atomic E-state index is 12.9. The molecule has 3 heterocycles. The van der Waals surface area contributed by atoms with Crippen LogP contribution in [0.15, 0.2) is 11.2 Å². The van der Waals surface area contributed by atoms with E-state index in [1.807, 2.05) is 4.90 Å². The molecule has 4 rings (SSSR count). The minimum atomic E-state index is -0.169. The number of nitrogens with zero attached hydrogens (tertiary/aromatic N) is 5. The first-order valence-corrected chi connectivity index (χ1v) is 15.4. The summed E-state index contributed by atoms with van der Waals surface area (Å²) >= 11 is 7.60. The fourth-order valence-electron chi connectivity index (χ4n) is 5.76. The lowest BCUT2D eigenvalue weighted by Gasteiger charge is -2.40. The van der Waals surface area contributed by atoms with Crippen LogP contribution in [0, 0.1) is 11.8 Å². The van der Waals surface area contributed by atoms with Crippen LogP contribution in [0.4, 0.5) is 5.82 Å². The first kappa shape index (κ1) is 28.9. The molecular formula is C27H40ClN5O4S. The summed E-state index contributed by atoms with van der Waals surface area (Å²) in [5, 5.41) is 0.799. The van der Waals surface area contributed by atoms with Crippen molar-refractivity contribution in [1.29, 1.82) is 0 Å². The number of rotatable bonds is 9. The van der Waals surface area contributed by atoms with Crippen LogP contribution in [0.3, 0.4) is 0 Å². The lowest BCUT2D eigenvalue weighted by Crippen LogP contribution is -2.54. The molecule has 1 aromatic heterocycles. The van der Waals surface area contributed by atoms with E-state index >= 15 is 0 Å². The number of carbonyl (C=O) groups excluding carboxylic acids is 3. The summed E-state index contributed by atoms with van der Waals surface area (Å²) in [7, 11) is 0. The summed E-state index contributed by atoms with van der Waals surface area (Å²) in [6.45, 7) is 7.39. The number of thioether (sulfide) groups is 1. The van der Waals surface area contributed by atoms with Gasteiger partial charge in [-0.2, -0.15) is 0 Å². The zero-order valence-electron chi connectivity index (χ0n) is 22.6. The van der Waals surface area contributed by atoms with Gasteiger partial charge < -0.3 is 19.4 Å². The zero-order chi connectivity index (χ0) is 27.1. The quantitative estimate of drug-likeness (QED) is 0.192. The Morgan fingerprint density at radius 1 is 1.05 bits per heavy atom. The van der Waals surface area contributed by atoms with E-state index in [2.05, 4.69) is 21.8 Å². The fourth-order valence-corrected chi connectivity index (χ4v) is 6.74. The molecule has 210 valence electrons. The number of carbonyl (C=O) groups is 3. The molecule has 38 heavy (non-hydrogen) atoms. The Balaban J connectivity index is 1.26. The highest BCUT2D eigenvalue weighted by atomic mass is 35.5. The molecule has 1 atom stereocenters. The van der Waals surface area contributed by atoms with Gasteiger partial charge in [0.05, 0.1) is 18.3 Å². The molecule has 0 radical (unpaired) electrons. The number of aromatic nitrogens is 2.